The van der Waals surface area contributed by atoms with E-state index in [1.165, 1.54) is 5.56 Å². The molecule has 4 heteroatoms. The second-order valence-electron chi connectivity index (χ2n) is 5.97. The average molecular weight is 312 g/mol. The number of carbonyl (C=O) groups is 1. The molecular weight excluding hydrogens is 288 g/mol. The Balaban J connectivity index is 1.76. The van der Waals surface area contributed by atoms with E-state index in [0.29, 0.717) is 11.6 Å². The van der Waals surface area contributed by atoms with Crippen LogP contribution >= 0.6 is 0 Å². The van der Waals surface area contributed by atoms with Gasteiger partial charge in [-0.2, -0.15) is 0 Å². The molecule has 0 radical (unpaired) electrons. The van der Waals surface area contributed by atoms with Gasteiger partial charge in [-0.25, -0.2) is 4.79 Å². The third-order valence-electron chi connectivity index (χ3n) is 3.74. The van der Waals surface area contributed by atoms with Gasteiger partial charge in [0.25, 0.3) is 0 Å². The van der Waals surface area contributed by atoms with Crippen molar-refractivity contribution >= 4 is 5.97 Å². The Morgan fingerprint density at radius 3 is 2.35 bits per heavy atom. The Kier molecular flexibility index (Phi) is 6.32. The summed E-state index contributed by atoms with van der Waals surface area (Å²) in [6.45, 7) is 4.77. The number of nitrogens with zero attached hydrogens (tertiary/aromatic N) is 1. The zero-order chi connectivity index (χ0) is 16.7. The number of rotatable bonds is 8. The van der Waals surface area contributed by atoms with Crippen LogP contribution in [0.15, 0.2) is 54.6 Å². The first-order chi connectivity index (χ1) is 11.0. The third kappa shape index (κ3) is 5.85. The maximum Gasteiger partial charge on any atom is 0.335 e. The van der Waals surface area contributed by atoms with E-state index < -0.39 is 5.97 Å². The van der Waals surface area contributed by atoms with Crippen molar-refractivity contribution in [3.63, 3.8) is 0 Å². The lowest BCUT2D eigenvalue weighted by atomic mass is 10.1. The van der Waals surface area contributed by atoms with Crippen LogP contribution in [0.2, 0.25) is 0 Å². The van der Waals surface area contributed by atoms with Gasteiger partial charge in [-0.15, -0.1) is 0 Å². The Labute approximate surface area is 137 Å². The first-order valence-corrected chi connectivity index (χ1v) is 7.82. The van der Waals surface area contributed by atoms with E-state index in [1.54, 1.807) is 12.1 Å². The molecule has 2 aromatic rings. The van der Waals surface area contributed by atoms with E-state index in [4.69, 9.17) is 5.11 Å². The lowest BCUT2D eigenvalue weighted by molar-refractivity contribution is 0.0697. The van der Waals surface area contributed by atoms with Crippen molar-refractivity contribution < 1.29 is 9.90 Å². The van der Waals surface area contributed by atoms with E-state index in [2.05, 4.69) is 48.5 Å². The predicted molar refractivity (Wildman–Crippen MR) is 92.5 cm³/mol. The SMILES string of the molecule is CC(CN(C)Cc1ccccc1)NCc1ccc(C(=O)O)cc1. The van der Waals surface area contributed by atoms with Gasteiger partial charge in [0.05, 0.1) is 5.56 Å². The van der Waals surface area contributed by atoms with Gasteiger partial charge in [0, 0.05) is 25.7 Å². The van der Waals surface area contributed by atoms with E-state index in [1.807, 2.05) is 18.2 Å². The van der Waals surface area contributed by atoms with Crippen molar-refractivity contribution in [3.05, 3.63) is 71.3 Å². The Bertz CT molecular complexity index is 611. The number of benzene rings is 2. The van der Waals surface area contributed by atoms with Crippen LogP contribution in [0.3, 0.4) is 0 Å². The topological polar surface area (TPSA) is 52.6 Å². The highest BCUT2D eigenvalue weighted by Crippen LogP contribution is 2.06. The normalized spacial score (nSPS) is 12.3. The summed E-state index contributed by atoms with van der Waals surface area (Å²) < 4.78 is 0. The largest absolute Gasteiger partial charge is 0.478 e. The van der Waals surface area contributed by atoms with E-state index >= 15 is 0 Å². The first-order valence-electron chi connectivity index (χ1n) is 7.82. The van der Waals surface area contributed by atoms with Crippen LogP contribution in [0.1, 0.15) is 28.4 Å². The molecule has 2 N–H and O–H groups in total. The summed E-state index contributed by atoms with van der Waals surface area (Å²) >= 11 is 0. The molecule has 1 unspecified atom stereocenters. The number of aromatic carboxylic acids is 1. The van der Waals surface area contributed by atoms with E-state index in [0.717, 1.165) is 25.2 Å². The molecule has 1 atom stereocenters. The van der Waals surface area contributed by atoms with Crippen LogP contribution in [0.5, 0.6) is 0 Å². The highest BCUT2D eigenvalue weighted by atomic mass is 16.4. The maximum atomic E-state index is 10.8. The number of hydrogen-bond acceptors (Lipinski definition) is 3. The van der Waals surface area contributed by atoms with Crippen LogP contribution in [0.25, 0.3) is 0 Å². The van der Waals surface area contributed by atoms with Crippen molar-refractivity contribution in [1.82, 2.24) is 10.2 Å². The Hall–Kier alpha value is -2.17. The maximum absolute atomic E-state index is 10.8. The molecule has 0 aliphatic rings. The fraction of sp³-hybridized carbons (Fsp3) is 0.316. The molecular formula is C19H24N2O2. The Morgan fingerprint density at radius 1 is 1.09 bits per heavy atom. The molecule has 0 spiro atoms. The van der Waals surface area contributed by atoms with Gasteiger partial charge >= 0.3 is 5.97 Å². The summed E-state index contributed by atoms with van der Waals surface area (Å²) in [6.07, 6.45) is 0. The van der Waals surface area contributed by atoms with Crippen LogP contribution < -0.4 is 5.32 Å². The van der Waals surface area contributed by atoms with Crippen LogP contribution in [-0.2, 0) is 13.1 Å². The number of carboxylic acid groups (broad SMARTS) is 1. The van der Waals surface area contributed by atoms with E-state index in [-0.39, 0.29) is 0 Å². The smallest absolute Gasteiger partial charge is 0.335 e. The van der Waals surface area contributed by atoms with Gasteiger partial charge in [-0.3, -0.25) is 0 Å². The summed E-state index contributed by atoms with van der Waals surface area (Å²) in [4.78, 5) is 13.1. The minimum absolute atomic E-state index is 0.324. The zero-order valence-corrected chi connectivity index (χ0v) is 13.7. The molecule has 0 fully saturated rings. The second-order valence-corrected chi connectivity index (χ2v) is 5.97. The van der Waals surface area contributed by atoms with Gasteiger partial charge in [0.1, 0.15) is 0 Å². The van der Waals surface area contributed by atoms with Crippen molar-refractivity contribution in [2.24, 2.45) is 0 Å². The number of hydrogen-bond donors (Lipinski definition) is 2. The first kappa shape index (κ1) is 17.2. The monoisotopic (exact) mass is 312 g/mol. The molecule has 4 nitrogen and oxygen atoms in total. The van der Waals surface area contributed by atoms with Crippen molar-refractivity contribution in [3.8, 4) is 0 Å². The average Bonchev–Trinajstić information content (AvgIpc) is 2.54. The number of likely N-dealkylation sites (N-methyl/N-ethyl adjacent to an activating group) is 1. The molecule has 2 rings (SSSR count). The molecule has 0 bridgehead atoms. The van der Waals surface area contributed by atoms with Gasteiger partial charge in [0.15, 0.2) is 0 Å². The second kappa shape index (κ2) is 8.46. The molecule has 0 amide bonds. The fourth-order valence-electron chi connectivity index (χ4n) is 2.55. The predicted octanol–water partition coefficient (Wildman–Crippen LogP) is 2.99. The summed E-state index contributed by atoms with van der Waals surface area (Å²) in [5.74, 6) is -0.889. The minimum atomic E-state index is -0.889. The van der Waals surface area contributed by atoms with Crippen LogP contribution in [0.4, 0.5) is 0 Å². The van der Waals surface area contributed by atoms with Gasteiger partial charge in [0.2, 0.25) is 0 Å². The molecule has 0 aromatic heterocycles. The van der Waals surface area contributed by atoms with Crippen LogP contribution in [-0.4, -0.2) is 35.6 Å². The fourth-order valence-corrected chi connectivity index (χ4v) is 2.55. The summed E-state index contributed by atoms with van der Waals surface area (Å²) in [5, 5.41) is 12.4. The molecule has 0 saturated heterocycles. The molecule has 23 heavy (non-hydrogen) atoms. The molecule has 0 saturated carbocycles. The lowest BCUT2D eigenvalue weighted by Gasteiger charge is -2.22. The Morgan fingerprint density at radius 2 is 1.74 bits per heavy atom. The van der Waals surface area contributed by atoms with Crippen molar-refractivity contribution in [2.45, 2.75) is 26.1 Å². The minimum Gasteiger partial charge on any atom is -0.478 e. The van der Waals surface area contributed by atoms with Gasteiger partial charge in [-0.05, 0) is 37.2 Å². The quantitative estimate of drug-likeness (QED) is 0.787. The molecule has 0 heterocycles. The standard InChI is InChI=1S/C19H24N2O2/c1-15(13-21(2)14-17-6-4-3-5-7-17)20-12-16-8-10-18(11-9-16)19(22)23/h3-11,15,20H,12-14H2,1-2H3,(H,22,23). The van der Waals surface area contributed by atoms with Crippen molar-refractivity contribution in [2.75, 3.05) is 13.6 Å². The summed E-state index contributed by atoms with van der Waals surface area (Å²) in [7, 11) is 2.12. The molecule has 0 aliphatic heterocycles. The number of carboxylic acids is 1. The zero-order valence-electron chi connectivity index (χ0n) is 13.7. The molecule has 122 valence electrons. The lowest BCUT2D eigenvalue weighted by Crippen LogP contribution is -2.36. The molecule has 0 aliphatic carbocycles. The summed E-state index contributed by atoms with van der Waals surface area (Å²) in [6, 6.07) is 17.8. The summed E-state index contributed by atoms with van der Waals surface area (Å²) in [5.41, 5.74) is 2.73. The highest BCUT2D eigenvalue weighted by Gasteiger charge is 2.07. The van der Waals surface area contributed by atoms with Gasteiger partial charge < -0.3 is 15.3 Å². The van der Waals surface area contributed by atoms with Crippen LogP contribution in [0, 0.1) is 0 Å². The van der Waals surface area contributed by atoms with Gasteiger partial charge in [-0.1, -0.05) is 42.5 Å². The molecule has 2 aromatic carbocycles. The number of nitrogens with one attached hydrogen (secondary N) is 1. The third-order valence-corrected chi connectivity index (χ3v) is 3.74. The van der Waals surface area contributed by atoms with E-state index in [9.17, 15) is 4.79 Å². The highest BCUT2D eigenvalue weighted by molar-refractivity contribution is 5.87. The van der Waals surface area contributed by atoms with Crippen molar-refractivity contribution in [1.29, 1.82) is 0 Å².